The van der Waals surface area contributed by atoms with Crippen LogP contribution in [0.1, 0.15) is 26.5 Å². The fourth-order valence-corrected chi connectivity index (χ4v) is 1.66. The van der Waals surface area contributed by atoms with E-state index < -0.39 is 5.54 Å². The van der Waals surface area contributed by atoms with Crippen LogP contribution in [-0.4, -0.2) is 22.8 Å². The highest BCUT2D eigenvalue weighted by Gasteiger charge is 2.29. The number of carbonyl (C=O) groups is 1. The molecule has 1 aromatic rings. The molecule has 0 bridgehead atoms. The van der Waals surface area contributed by atoms with Crippen molar-refractivity contribution < 1.29 is 4.79 Å². The summed E-state index contributed by atoms with van der Waals surface area (Å²) >= 11 is 3.33. The van der Waals surface area contributed by atoms with E-state index in [0.717, 1.165) is 10.3 Å². The summed E-state index contributed by atoms with van der Waals surface area (Å²) in [6, 6.07) is 5.71. The molecule has 0 aliphatic rings. The molecule has 3 nitrogen and oxygen atoms in total. The SMILES string of the molecule is CC(=O)N(C)C(C)(C)c1cccc(Br)n1. The van der Waals surface area contributed by atoms with Crippen molar-refractivity contribution in [3.63, 3.8) is 0 Å². The van der Waals surface area contributed by atoms with Gasteiger partial charge in [-0.1, -0.05) is 6.07 Å². The third kappa shape index (κ3) is 2.56. The van der Waals surface area contributed by atoms with Crippen molar-refractivity contribution in [1.29, 1.82) is 0 Å². The molecule has 15 heavy (non-hydrogen) atoms. The number of hydrogen-bond acceptors (Lipinski definition) is 2. The van der Waals surface area contributed by atoms with Gasteiger partial charge in [-0.3, -0.25) is 4.79 Å². The van der Waals surface area contributed by atoms with E-state index in [0.29, 0.717) is 0 Å². The van der Waals surface area contributed by atoms with Gasteiger partial charge in [0, 0.05) is 14.0 Å². The topological polar surface area (TPSA) is 33.2 Å². The van der Waals surface area contributed by atoms with E-state index in [1.165, 1.54) is 0 Å². The number of amides is 1. The smallest absolute Gasteiger partial charge is 0.219 e. The van der Waals surface area contributed by atoms with Gasteiger partial charge in [0.05, 0.1) is 11.2 Å². The maximum absolute atomic E-state index is 11.3. The summed E-state index contributed by atoms with van der Waals surface area (Å²) in [6.45, 7) is 5.51. The summed E-state index contributed by atoms with van der Waals surface area (Å²) in [5, 5.41) is 0. The van der Waals surface area contributed by atoms with Crippen molar-refractivity contribution >= 4 is 21.8 Å². The first kappa shape index (κ1) is 12.2. The highest BCUT2D eigenvalue weighted by Crippen LogP contribution is 2.25. The number of hydrogen-bond donors (Lipinski definition) is 0. The second-order valence-electron chi connectivity index (χ2n) is 3.98. The van der Waals surface area contributed by atoms with Crippen LogP contribution in [0.3, 0.4) is 0 Å². The molecule has 0 radical (unpaired) electrons. The van der Waals surface area contributed by atoms with Gasteiger partial charge in [0.1, 0.15) is 4.60 Å². The first-order chi connectivity index (χ1) is 6.85. The molecule has 0 aromatic carbocycles. The molecule has 0 aliphatic carbocycles. The summed E-state index contributed by atoms with van der Waals surface area (Å²) in [5.74, 6) is 0.0294. The van der Waals surface area contributed by atoms with Gasteiger partial charge in [0.15, 0.2) is 0 Å². The zero-order valence-corrected chi connectivity index (χ0v) is 11.0. The summed E-state index contributed by atoms with van der Waals surface area (Å²) in [4.78, 5) is 17.4. The fourth-order valence-electron chi connectivity index (χ4n) is 1.31. The lowest BCUT2D eigenvalue weighted by molar-refractivity contribution is -0.132. The van der Waals surface area contributed by atoms with Crippen molar-refractivity contribution in [2.75, 3.05) is 7.05 Å². The molecule has 1 rings (SSSR count). The Balaban J connectivity index is 3.10. The van der Waals surface area contributed by atoms with Crippen molar-refractivity contribution in [3.05, 3.63) is 28.5 Å². The maximum atomic E-state index is 11.3. The Kier molecular flexibility index (Phi) is 3.50. The lowest BCUT2D eigenvalue weighted by Crippen LogP contribution is -2.42. The lowest BCUT2D eigenvalue weighted by atomic mass is 9.98. The third-order valence-electron chi connectivity index (χ3n) is 2.65. The van der Waals surface area contributed by atoms with Gasteiger partial charge in [0.2, 0.25) is 5.91 Å². The maximum Gasteiger partial charge on any atom is 0.219 e. The van der Waals surface area contributed by atoms with Crippen molar-refractivity contribution in [1.82, 2.24) is 9.88 Å². The van der Waals surface area contributed by atoms with E-state index in [1.807, 2.05) is 32.0 Å². The summed E-state index contributed by atoms with van der Waals surface area (Å²) in [6.07, 6.45) is 0. The highest BCUT2D eigenvalue weighted by atomic mass is 79.9. The largest absolute Gasteiger partial charge is 0.335 e. The minimum atomic E-state index is -0.393. The Morgan fingerprint density at radius 1 is 1.47 bits per heavy atom. The van der Waals surface area contributed by atoms with E-state index in [-0.39, 0.29) is 5.91 Å². The molecular weight excluding hydrogens is 256 g/mol. The zero-order valence-electron chi connectivity index (χ0n) is 9.41. The van der Waals surface area contributed by atoms with Crippen LogP contribution in [0.4, 0.5) is 0 Å². The normalized spacial score (nSPS) is 11.3. The van der Waals surface area contributed by atoms with Crippen LogP contribution in [0.5, 0.6) is 0 Å². The molecule has 0 aliphatic heterocycles. The Morgan fingerprint density at radius 2 is 2.07 bits per heavy atom. The number of aromatic nitrogens is 1. The minimum absolute atomic E-state index is 0.0294. The molecule has 0 N–H and O–H groups in total. The summed E-state index contributed by atoms with van der Waals surface area (Å²) < 4.78 is 0.782. The van der Waals surface area contributed by atoms with Gasteiger partial charge in [0.25, 0.3) is 0 Å². The molecule has 82 valence electrons. The van der Waals surface area contributed by atoms with E-state index >= 15 is 0 Å². The van der Waals surface area contributed by atoms with Crippen LogP contribution in [0, 0.1) is 0 Å². The Morgan fingerprint density at radius 3 is 2.53 bits per heavy atom. The first-order valence-corrected chi connectivity index (χ1v) is 5.52. The summed E-state index contributed by atoms with van der Waals surface area (Å²) in [7, 11) is 1.78. The Labute approximate surface area is 98.6 Å². The second kappa shape index (κ2) is 4.31. The van der Waals surface area contributed by atoms with E-state index in [2.05, 4.69) is 20.9 Å². The average Bonchev–Trinajstić information content (AvgIpc) is 2.16. The first-order valence-electron chi connectivity index (χ1n) is 4.73. The molecular formula is C11H15BrN2O. The van der Waals surface area contributed by atoms with Gasteiger partial charge in [-0.25, -0.2) is 4.98 Å². The lowest BCUT2D eigenvalue weighted by Gasteiger charge is -2.34. The molecule has 0 saturated carbocycles. The quantitative estimate of drug-likeness (QED) is 0.774. The van der Waals surface area contributed by atoms with Crippen molar-refractivity contribution in [2.24, 2.45) is 0 Å². The molecule has 0 spiro atoms. The van der Waals surface area contributed by atoms with Crippen molar-refractivity contribution in [2.45, 2.75) is 26.3 Å². The van der Waals surface area contributed by atoms with Gasteiger partial charge in [-0.15, -0.1) is 0 Å². The Bertz CT molecular complexity index is 377. The van der Waals surface area contributed by atoms with Gasteiger partial charge in [-0.05, 0) is 41.9 Å². The fraction of sp³-hybridized carbons (Fsp3) is 0.455. The molecule has 0 unspecified atom stereocenters. The number of rotatable bonds is 2. The van der Waals surface area contributed by atoms with E-state index in [1.54, 1.807) is 18.9 Å². The molecule has 1 heterocycles. The molecule has 4 heteroatoms. The van der Waals surface area contributed by atoms with E-state index in [9.17, 15) is 4.79 Å². The Hall–Kier alpha value is -0.900. The molecule has 1 aromatic heterocycles. The standard InChI is InChI=1S/C11H15BrN2O/c1-8(15)14(4)11(2,3)9-6-5-7-10(12)13-9/h5-7H,1-4H3. The van der Waals surface area contributed by atoms with Crippen LogP contribution in [0.25, 0.3) is 0 Å². The predicted molar refractivity (Wildman–Crippen MR) is 63.4 cm³/mol. The molecule has 0 saturated heterocycles. The highest BCUT2D eigenvalue weighted by molar-refractivity contribution is 9.10. The van der Waals surface area contributed by atoms with Crippen molar-refractivity contribution in [3.8, 4) is 0 Å². The van der Waals surface area contributed by atoms with Crippen LogP contribution in [0.2, 0.25) is 0 Å². The van der Waals surface area contributed by atoms with Crippen LogP contribution in [-0.2, 0) is 10.3 Å². The molecule has 0 atom stereocenters. The minimum Gasteiger partial charge on any atom is -0.335 e. The predicted octanol–water partition coefficient (Wildman–Crippen LogP) is 2.56. The van der Waals surface area contributed by atoms with Crippen LogP contribution >= 0.6 is 15.9 Å². The number of nitrogens with zero attached hydrogens (tertiary/aromatic N) is 2. The summed E-state index contributed by atoms with van der Waals surface area (Å²) in [5.41, 5.74) is 0.477. The third-order valence-corrected chi connectivity index (χ3v) is 3.09. The van der Waals surface area contributed by atoms with Crippen LogP contribution < -0.4 is 0 Å². The second-order valence-corrected chi connectivity index (χ2v) is 4.80. The number of carbonyl (C=O) groups excluding carboxylic acids is 1. The molecule has 0 fully saturated rings. The monoisotopic (exact) mass is 270 g/mol. The van der Waals surface area contributed by atoms with Gasteiger partial charge in [-0.2, -0.15) is 0 Å². The van der Waals surface area contributed by atoms with Gasteiger partial charge >= 0.3 is 0 Å². The van der Waals surface area contributed by atoms with E-state index in [4.69, 9.17) is 0 Å². The van der Waals surface area contributed by atoms with Gasteiger partial charge < -0.3 is 4.90 Å². The van der Waals surface area contributed by atoms with Crippen LogP contribution in [0.15, 0.2) is 22.8 Å². The number of pyridine rings is 1. The average molecular weight is 271 g/mol. The zero-order chi connectivity index (χ0) is 11.6. The number of halogens is 1. The molecule has 1 amide bonds.